The number of hydrogen-bond acceptors (Lipinski definition) is 4. The minimum absolute atomic E-state index is 0.0496. The molecule has 0 atom stereocenters. The number of rotatable bonds is 5. The maximum atomic E-state index is 15.0. The molecule has 29 heavy (non-hydrogen) atoms. The van der Waals surface area contributed by atoms with E-state index in [9.17, 15) is 17.6 Å². The second-order valence-corrected chi connectivity index (χ2v) is 8.61. The topological polar surface area (TPSA) is 95.2 Å². The number of aromatic amines is 1. The molecule has 10 heteroatoms. The van der Waals surface area contributed by atoms with Crippen LogP contribution in [0.5, 0.6) is 0 Å². The lowest BCUT2D eigenvalue weighted by atomic mass is 10.0. The van der Waals surface area contributed by atoms with Crippen molar-refractivity contribution in [1.82, 2.24) is 14.3 Å². The van der Waals surface area contributed by atoms with Crippen molar-refractivity contribution < 1.29 is 22.0 Å². The number of hydrogen-bond donors (Lipinski definition) is 2. The molecule has 0 unspecified atom stereocenters. The van der Waals surface area contributed by atoms with Gasteiger partial charge in [-0.05, 0) is 43.5 Å². The zero-order valence-electron chi connectivity index (χ0n) is 15.5. The number of anilines is 1. The Balaban J connectivity index is 1.75. The third kappa shape index (κ3) is 3.49. The highest BCUT2D eigenvalue weighted by Crippen LogP contribution is 2.28. The SMILES string of the molecule is Cc1cnc2[nH]cc(C(=O)c3c(F)ccc(NS(=O)(=O)N4CCCC4)c3F)c2c1. The maximum absolute atomic E-state index is 15.0. The summed E-state index contributed by atoms with van der Waals surface area (Å²) in [5.41, 5.74) is -0.0664. The molecule has 152 valence electrons. The second-order valence-electron chi connectivity index (χ2n) is 6.94. The lowest BCUT2D eigenvalue weighted by molar-refractivity contribution is 0.103. The number of halogens is 2. The molecule has 1 saturated heterocycles. The summed E-state index contributed by atoms with van der Waals surface area (Å²) in [7, 11) is -3.99. The Labute approximate surface area is 165 Å². The summed E-state index contributed by atoms with van der Waals surface area (Å²) in [6, 6.07) is 3.52. The van der Waals surface area contributed by atoms with E-state index in [4.69, 9.17) is 0 Å². The average Bonchev–Trinajstić information content (AvgIpc) is 3.34. The van der Waals surface area contributed by atoms with Gasteiger partial charge in [-0.2, -0.15) is 12.7 Å². The van der Waals surface area contributed by atoms with E-state index >= 15 is 4.39 Å². The molecule has 0 amide bonds. The summed E-state index contributed by atoms with van der Waals surface area (Å²) in [5, 5.41) is 0.428. The molecule has 0 saturated carbocycles. The van der Waals surface area contributed by atoms with Crippen molar-refractivity contribution in [2.75, 3.05) is 17.8 Å². The van der Waals surface area contributed by atoms with Crippen LogP contribution in [0.2, 0.25) is 0 Å². The lowest BCUT2D eigenvalue weighted by Gasteiger charge is -2.18. The van der Waals surface area contributed by atoms with Crippen LogP contribution in [0.3, 0.4) is 0 Å². The summed E-state index contributed by atoms with van der Waals surface area (Å²) >= 11 is 0. The normalized spacial score (nSPS) is 15.1. The second kappa shape index (κ2) is 7.20. The Morgan fingerprint density at radius 3 is 2.69 bits per heavy atom. The summed E-state index contributed by atoms with van der Waals surface area (Å²) in [4.78, 5) is 19.9. The van der Waals surface area contributed by atoms with Crippen LogP contribution in [0.25, 0.3) is 11.0 Å². The molecule has 7 nitrogen and oxygen atoms in total. The van der Waals surface area contributed by atoms with Gasteiger partial charge in [-0.15, -0.1) is 0 Å². The molecule has 2 aromatic heterocycles. The predicted octanol–water partition coefficient (Wildman–Crippen LogP) is 3.13. The summed E-state index contributed by atoms with van der Waals surface area (Å²) in [5.74, 6) is -3.24. The molecule has 1 fully saturated rings. The van der Waals surface area contributed by atoms with Crippen molar-refractivity contribution in [2.45, 2.75) is 19.8 Å². The summed E-state index contributed by atoms with van der Waals surface area (Å²) < 4.78 is 57.6. The van der Waals surface area contributed by atoms with Crippen molar-refractivity contribution >= 4 is 32.7 Å². The van der Waals surface area contributed by atoms with E-state index in [1.54, 1.807) is 19.2 Å². The number of carbonyl (C=O) groups excluding carboxylic acids is 1. The minimum Gasteiger partial charge on any atom is -0.345 e. The third-order valence-electron chi connectivity index (χ3n) is 4.87. The van der Waals surface area contributed by atoms with Gasteiger partial charge in [0.25, 0.3) is 0 Å². The molecule has 0 bridgehead atoms. The van der Waals surface area contributed by atoms with Crippen molar-refractivity contribution in [3.8, 4) is 0 Å². The Bertz CT molecular complexity index is 1220. The quantitative estimate of drug-likeness (QED) is 0.620. The molecule has 3 heterocycles. The van der Waals surface area contributed by atoms with Crippen LogP contribution in [0.1, 0.15) is 34.3 Å². The first-order chi connectivity index (χ1) is 13.8. The zero-order valence-corrected chi connectivity index (χ0v) is 16.3. The monoisotopic (exact) mass is 420 g/mol. The molecule has 0 radical (unpaired) electrons. The molecule has 1 aliphatic heterocycles. The van der Waals surface area contributed by atoms with E-state index in [1.165, 1.54) is 10.5 Å². The highest BCUT2D eigenvalue weighted by Gasteiger charge is 2.29. The first-order valence-corrected chi connectivity index (χ1v) is 10.5. The van der Waals surface area contributed by atoms with Crippen LogP contribution in [-0.4, -0.2) is 41.6 Å². The molecule has 0 aliphatic carbocycles. The molecule has 3 aromatic rings. The van der Waals surface area contributed by atoms with Gasteiger partial charge in [0.15, 0.2) is 5.82 Å². The van der Waals surface area contributed by atoms with Gasteiger partial charge in [-0.3, -0.25) is 9.52 Å². The van der Waals surface area contributed by atoms with Crippen molar-refractivity contribution in [3.63, 3.8) is 0 Å². The molecular formula is C19H18F2N4O3S. The van der Waals surface area contributed by atoms with E-state index in [-0.39, 0.29) is 5.56 Å². The molecule has 4 rings (SSSR count). The van der Waals surface area contributed by atoms with Crippen LogP contribution in [0.4, 0.5) is 14.5 Å². The Morgan fingerprint density at radius 1 is 1.24 bits per heavy atom. The van der Waals surface area contributed by atoms with Gasteiger partial charge in [0.1, 0.15) is 11.5 Å². The zero-order chi connectivity index (χ0) is 20.8. The van der Waals surface area contributed by atoms with Gasteiger partial charge in [0.2, 0.25) is 5.78 Å². The predicted molar refractivity (Wildman–Crippen MR) is 104 cm³/mol. The highest BCUT2D eigenvalue weighted by atomic mass is 32.2. The maximum Gasteiger partial charge on any atom is 0.301 e. The van der Waals surface area contributed by atoms with Crippen molar-refractivity contribution in [2.24, 2.45) is 0 Å². The van der Waals surface area contributed by atoms with Gasteiger partial charge >= 0.3 is 10.2 Å². The number of benzene rings is 1. The number of aromatic nitrogens is 2. The summed E-state index contributed by atoms with van der Waals surface area (Å²) in [6.07, 6.45) is 4.36. The van der Waals surface area contributed by atoms with Gasteiger partial charge in [0, 0.05) is 36.4 Å². The van der Waals surface area contributed by atoms with Crippen LogP contribution in [-0.2, 0) is 10.2 Å². The fourth-order valence-electron chi connectivity index (χ4n) is 3.40. The largest absolute Gasteiger partial charge is 0.345 e. The van der Waals surface area contributed by atoms with Gasteiger partial charge in [-0.1, -0.05) is 0 Å². The number of aryl methyl sites for hydroxylation is 1. The number of nitrogens with zero attached hydrogens (tertiary/aromatic N) is 2. The van der Waals surface area contributed by atoms with E-state index in [0.717, 1.165) is 17.7 Å². The van der Waals surface area contributed by atoms with E-state index in [2.05, 4.69) is 14.7 Å². The molecule has 1 aliphatic rings. The fraction of sp³-hybridized carbons (Fsp3) is 0.263. The van der Waals surface area contributed by atoms with Crippen LogP contribution < -0.4 is 4.72 Å². The Kier molecular flexibility index (Phi) is 4.83. The highest BCUT2D eigenvalue weighted by molar-refractivity contribution is 7.90. The number of nitrogens with one attached hydrogen (secondary N) is 2. The molecule has 0 spiro atoms. The molecular weight excluding hydrogens is 402 g/mol. The number of pyridine rings is 1. The van der Waals surface area contributed by atoms with Crippen molar-refractivity contribution in [1.29, 1.82) is 0 Å². The van der Waals surface area contributed by atoms with Crippen LogP contribution in [0.15, 0.2) is 30.6 Å². The Hall–Kier alpha value is -2.85. The first kappa shape index (κ1) is 19.5. The molecule has 2 N–H and O–H groups in total. The van der Waals surface area contributed by atoms with Crippen LogP contribution in [0, 0.1) is 18.6 Å². The van der Waals surface area contributed by atoms with Gasteiger partial charge in [0.05, 0.1) is 11.3 Å². The van der Waals surface area contributed by atoms with Crippen LogP contribution >= 0.6 is 0 Å². The first-order valence-electron chi connectivity index (χ1n) is 9.02. The number of carbonyl (C=O) groups is 1. The number of H-pyrrole nitrogens is 1. The minimum atomic E-state index is -3.99. The van der Waals surface area contributed by atoms with E-state index in [1.807, 2.05) is 0 Å². The fourth-order valence-corrected chi connectivity index (χ4v) is 4.71. The summed E-state index contributed by atoms with van der Waals surface area (Å²) in [6.45, 7) is 2.43. The van der Waals surface area contributed by atoms with Crippen molar-refractivity contribution in [3.05, 3.63) is 58.9 Å². The Morgan fingerprint density at radius 2 is 1.97 bits per heavy atom. The number of fused-ring (bicyclic) bond motifs is 1. The lowest BCUT2D eigenvalue weighted by Crippen LogP contribution is -2.33. The average molecular weight is 420 g/mol. The van der Waals surface area contributed by atoms with E-state index in [0.29, 0.717) is 37.0 Å². The van der Waals surface area contributed by atoms with Gasteiger partial charge in [-0.25, -0.2) is 13.8 Å². The third-order valence-corrected chi connectivity index (χ3v) is 6.40. The standard InChI is InChI=1S/C19H18F2N4O3S/c1-11-8-12-13(10-23-19(12)22-9-11)18(26)16-14(20)4-5-15(17(16)21)24-29(27,28)25-6-2-3-7-25/h4-5,8-10,24H,2-3,6-7H2,1H3,(H,22,23). The van der Waals surface area contributed by atoms with E-state index < -0.39 is 38.9 Å². The molecule has 1 aromatic carbocycles. The van der Waals surface area contributed by atoms with Gasteiger partial charge < -0.3 is 4.98 Å². The number of ketones is 1. The smallest absolute Gasteiger partial charge is 0.301 e.